The van der Waals surface area contributed by atoms with Crippen LogP contribution in [0, 0.1) is 0 Å². The smallest absolute Gasteiger partial charge is 0.163 e. The molecular formula is C11H13BrO2. The Morgan fingerprint density at radius 1 is 1.43 bits per heavy atom. The highest BCUT2D eigenvalue weighted by Gasteiger charge is 2.08. The molecule has 1 aromatic carbocycles. The van der Waals surface area contributed by atoms with Crippen LogP contribution in [0.2, 0.25) is 0 Å². The van der Waals surface area contributed by atoms with E-state index < -0.39 is 0 Å². The van der Waals surface area contributed by atoms with Crippen molar-refractivity contribution < 1.29 is 9.53 Å². The van der Waals surface area contributed by atoms with Crippen LogP contribution < -0.4 is 4.74 Å². The predicted molar refractivity (Wildman–Crippen MR) is 59.9 cm³/mol. The zero-order chi connectivity index (χ0) is 10.6. The zero-order valence-electron chi connectivity index (χ0n) is 8.34. The second-order valence-electron chi connectivity index (χ2n) is 2.85. The highest BCUT2D eigenvalue weighted by molar-refractivity contribution is 9.10. The van der Waals surface area contributed by atoms with Crippen molar-refractivity contribution in [2.75, 3.05) is 6.61 Å². The first-order valence-corrected chi connectivity index (χ1v) is 5.43. The van der Waals surface area contributed by atoms with Gasteiger partial charge >= 0.3 is 0 Å². The maximum atomic E-state index is 11.4. The number of carbonyl (C=O) groups is 1. The Morgan fingerprint density at radius 2 is 2.14 bits per heavy atom. The topological polar surface area (TPSA) is 26.3 Å². The first kappa shape index (κ1) is 11.2. The molecule has 2 nitrogen and oxygen atoms in total. The molecule has 0 N–H and O–H groups in total. The van der Waals surface area contributed by atoms with E-state index in [-0.39, 0.29) is 5.78 Å². The molecule has 0 aliphatic rings. The van der Waals surface area contributed by atoms with E-state index in [2.05, 4.69) is 15.9 Å². The normalized spacial score (nSPS) is 9.93. The van der Waals surface area contributed by atoms with Crippen LogP contribution in [0.3, 0.4) is 0 Å². The Hall–Kier alpha value is -0.830. The second kappa shape index (κ2) is 5.15. The third-order valence-electron chi connectivity index (χ3n) is 1.87. The standard InChI is InChI=1S/C11H13BrO2/c1-3-11(13)9-6-5-8(14-4-2)7-10(9)12/h5-7H,3-4H2,1-2H3. The van der Waals surface area contributed by atoms with Crippen molar-refractivity contribution in [3.05, 3.63) is 28.2 Å². The van der Waals surface area contributed by atoms with Gasteiger partial charge in [-0.15, -0.1) is 0 Å². The van der Waals surface area contributed by atoms with Gasteiger partial charge in [-0.3, -0.25) is 4.79 Å². The molecule has 0 bridgehead atoms. The van der Waals surface area contributed by atoms with Crippen molar-refractivity contribution >= 4 is 21.7 Å². The highest BCUT2D eigenvalue weighted by Crippen LogP contribution is 2.24. The Morgan fingerprint density at radius 3 is 2.64 bits per heavy atom. The van der Waals surface area contributed by atoms with Crippen molar-refractivity contribution in [2.45, 2.75) is 20.3 Å². The number of hydrogen-bond donors (Lipinski definition) is 0. The quantitative estimate of drug-likeness (QED) is 0.772. The van der Waals surface area contributed by atoms with Gasteiger partial charge in [0.2, 0.25) is 0 Å². The third-order valence-corrected chi connectivity index (χ3v) is 2.53. The number of hydrogen-bond acceptors (Lipinski definition) is 2. The van der Waals surface area contributed by atoms with Crippen LogP contribution in [0.4, 0.5) is 0 Å². The Balaban J connectivity index is 2.95. The number of ketones is 1. The number of benzene rings is 1. The molecule has 0 radical (unpaired) electrons. The van der Waals surface area contributed by atoms with Gasteiger partial charge in [-0.05, 0) is 41.1 Å². The molecule has 0 amide bonds. The van der Waals surface area contributed by atoms with Gasteiger partial charge in [-0.2, -0.15) is 0 Å². The van der Waals surface area contributed by atoms with Gasteiger partial charge in [0.25, 0.3) is 0 Å². The summed E-state index contributed by atoms with van der Waals surface area (Å²) in [6.45, 7) is 4.41. The van der Waals surface area contributed by atoms with E-state index in [4.69, 9.17) is 4.74 Å². The van der Waals surface area contributed by atoms with Crippen LogP contribution in [-0.4, -0.2) is 12.4 Å². The number of ether oxygens (including phenoxy) is 1. The van der Waals surface area contributed by atoms with E-state index in [0.29, 0.717) is 13.0 Å². The van der Waals surface area contributed by atoms with E-state index in [1.807, 2.05) is 26.0 Å². The van der Waals surface area contributed by atoms with Gasteiger partial charge in [0.1, 0.15) is 5.75 Å². The summed E-state index contributed by atoms with van der Waals surface area (Å²) in [4.78, 5) is 11.4. The van der Waals surface area contributed by atoms with Crippen molar-refractivity contribution in [1.29, 1.82) is 0 Å². The summed E-state index contributed by atoms with van der Waals surface area (Å²) in [5, 5.41) is 0. The summed E-state index contributed by atoms with van der Waals surface area (Å²) >= 11 is 3.36. The third kappa shape index (κ3) is 2.58. The molecule has 0 spiro atoms. The van der Waals surface area contributed by atoms with Crippen LogP contribution >= 0.6 is 15.9 Å². The molecule has 0 fully saturated rings. The minimum Gasteiger partial charge on any atom is -0.494 e. The average Bonchev–Trinajstić information content (AvgIpc) is 2.17. The number of carbonyl (C=O) groups excluding carboxylic acids is 1. The molecule has 0 heterocycles. The summed E-state index contributed by atoms with van der Waals surface area (Å²) < 4.78 is 6.11. The lowest BCUT2D eigenvalue weighted by Gasteiger charge is -2.06. The largest absolute Gasteiger partial charge is 0.494 e. The van der Waals surface area contributed by atoms with Gasteiger partial charge in [0.15, 0.2) is 5.78 Å². The predicted octanol–water partition coefficient (Wildman–Crippen LogP) is 3.44. The SMILES string of the molecule is CCOc1ccc(C(=O)CC)c(Br)c1. The molecule has 1 rings (SSSR count). The van der Waals surface area contributed by atoms with Crippen molar-refractivity contribution in [3.63, 3.8) is 0 Å². The van der Waals surface area contributed by atoms with Crippen molar-refractivity contribution in [3.8, 4) is 5.75 Å². The minimum absolute atomic E-state index is 0.139. The molecule has 0 saturated heterocycles. The Labute approximate surface area is 92.4 Å². The van der Waals surface area contributed by atoms with E-state index in [1.165, 1.54) is 0 Å². The molecule has 14 heavy (non-hydrogen) atoms. The average molecular weight is 257 g/mol. The lowest BCUT2D eigenvalue weighted by molar-refractivity contribution is 0.0987. The molecule has 1 aromatic rings. The van der Waals surface area contributed by atoms with E-state index in [0.717, 1.165) is 15.8 Å². The van der Waals surface area contributed by atoms with Crippen LogP contribution in [0.15, 0.2) is 22.7 Å². The van der Waals surface area contributed by atoms with E-state index >= 15 is 0 Å². The molecule has 0 aliphatic heterocycles. The monoisotopic (exact) mass is 256 g/mol. The number of halogens is 1. The second-order valence-corrected chi connectivity index (χ2v) is 3.71. The molecule has 0 aliphatic carbocycles. The molecule has 0 saturated carbocycles. The van der Waals surface area contributed by atoms with Crippen LogP contribution in [-0.2, 0) is 0 Å². The summed E-state index contributed by atoms with van der Waals surface area (Å²) in [5.41, 5.74) is 0.718. The van der Waals surface area contributed by atoms with Crippen molar-refractivity contribution in [2.24, 2.45) is 0 Å². The van der Waals surface area contributed by atoms with E-state index in [9.17, 15) is 4.79 Å². The molecule has 3 heteroatoms. The van der Waals surface area contributed by atoms with Gasteiger partial charge in [-0.25, -0.2) is 0 Å². The van der Waals surface area contributed by atoms with Crippen LogP contribution in [0.25, 0.3) is 0 Å². The molecule has 0 unspecified atom stereocenters. The van der Waals surface area contributed by atoms with E-state index in [1.54, 1.807) is 6.07 Å². The van der Waals surface area contributed by atoms with Crippen LogP contribution in [0.1, 0.15) is 30.6 Å². The fourth-order valence-corrected chi connectivity index (χ4v) is 1.75. The van der Waals surface area contributed by atoms with Gasteiger partial charge in [0, 0.05) is 16.5 Å². The summed E-state index contributed by atoms with van der Waals surface area (Å²) in [6, 6.07) is 5.43. The summed E-state index contributed by atoms with van der Waals surface area (Å²) in [6.07, 6.45) is 0.520. The summed E-state index contributed by atoms with van der Waals surface area (Å²) in [5.74, 6) is 0.923. The lowest BCUT2D eigenvalue weighted by Crippen LogP contribution is -1.99. The minimum atomic E-state index is 0.139. The van der Waals surface area contributed by atoms with Gasteiger partial charge in [0.05, 0.1) is 6.61 Å². The first-order valence-electron chi connectivity index (χ1n) is 4.64. The fraction of sp³-hybridized carbons (Fsp3) is 0.364. The maximum absolute atomic E-state index is 11.4. The summed E-state index contributed by atoms with van der Waals surface area (Å²) in [7, 11) is 0. The Bertz CT molecular complexity index is 334. The van der Waals surface area contributed by atoms with Crippen molar-refractivity contribution in [1.82, 2.24) is 0 Å². The molecule has 76 valence electrons. The molecule has 0 aromatic heterocycles. The molecular weight excluding hydrogens is 244 g/mol. The molecule has 0 atom stereocenters. The number of Topliss-reactive ketones (excluding diaryl/α,β-unsaturated/α-hetero) is 1. The highest BCUT2D eigenvalue weighted by atomic mass is 79.9. The van der Waals surface area contributed by atoms with Gasteiger partial charge in [-0.1, -0.05) is 6.92 Å². The van der Waals surface area contributed by atoms with Crippen LogP contribution in [0.5, 0.6) is 5.75 Å². The fourth-order valence-electron chi connectivity index (χ4n) is 1.17. The first-order chi connectivity index (χ1) is 6.69. The number of rotatable bonds is 4. The maximum Gasteiger partial charge on any atom is 0.163 e. The zero-order valence-corrected chi connectivity index (χ0v) is 9.93. The lowest BCUT2D eigenvalue weighted by atomic mass is 10.1. The Kier molecular flexibility index (Phi) is 4.14. The van der Waals surface area contributed by atoms with Gasteiger partial charge < -0.3 is 4.74 Å².